The minimum atomic E-state index is -0.352. The standard InChI is InChI=1S/C23H26N2O4/c1-4-28-19-12-10-17(11-13-19)20-21(24-18-8-6-5-7-9-18)23(27)25(22(20)26)14-15-29-16(2)3/h5-13,16,24H,4,14-15H2,1-3H3. The lowest BCUT2D eigenvalue weighted by Crippen LogP contribution is -2.35. The van der Waals surface area contributed by atoms with E-state index in [2.05, 4.69) is 5.32 Å². The van der Waals surface area contributed by atoms with Gasteiger partial charge in [-0.25, -0.2) is 0 Å². The Kier molecular flexibility index (Phi) is 6.67. The highest BCUT2D eigenvalue weighted by atomic mass is 16.5. The molecule has 1 heterocycles. The van der Waals surface area contributed by atoms with E-state index in [9.17, 15) is 9.59 Å². The van der Waals surface area contributed by atoms with Crippen molar-refractivity contribution in [2.45, 2.75) is 26.9 Å². The highest BCUT2D eigenvalue weighted by molar-refractivity contribution is 6.36. The van der Waals surface area contributed by atoms with Crippen molar-refractivity contribution in [3.8, 4) is 5.75 Å². The van der Waals surface area contributed by atoms with Gasteiger partial charge in [0.1, 0.15) is 11.4 Å². The summed E-state index contributed by atoms with van der Waals surface area (Å²) in [6.45, 7) is 6.80. The van der Waals surface area contributed by atoms with Gasteiger partial charge in [0.15, 0.2) is 0 Å². The molecule has 6 nitrogen and oxygen atoms in total. The fourth-order valence-corrected chi connectivity index (χ4v) is 3.09. The van der Waals surface area contributed by atoms with E-state index in [-0.39, 0.29) is 30.2 Å². The third-order valence-electron chi connectivity index (χ3n) is 4.43. The van der Waals surface area contributed by atoms with Gasteiger partial charge >= 0.3 is 0 Å². The van der Waals surface area contributed by atoms with Crippen LogP contribution in [0.25, 0.3) is 5.57 Å². The number of carbonyl (C=O) groups excluding carboxylic acids is 2. The van der Waals surface area contributed by atoms with Gasteiger partial charge in [0.25, 0.3) is 11.8 Å². The lowest BCUT2D eigenvalue weighted by molar-refractivity contribution is -0.137. The molecule has 0 saturated heterocycles. The van der Waals surface area contributed by atoms with Crippen LogP contribution in [0.1, 0.15) is 26.3 Å². The number of nitrogens with zero attached hydrogens (tertiary/aromatic N) is 1. The average molecular weight is 394 g/mol. The third-order valence-corrected chi connectivity index (χ3v) is 4.43. The molecule has 0 fully saturated rings. The van der Waals surface area contributed by atoms with Crippen LogP contribution in [0.15, 0.2) is 60.3 Å². The SMILES string of the molecule is CCOc1ccc(C2=C(Nc3ccccc3)C(=O)N(CCOC(C)C)C2=O)cc1. The number of benzene rings is 2. The Bertz CT molecular complexity index is 889. The highest BCUT2D eigenvalue weighted by Crippen LogP contribution is 2.31. The normalized spacial score (nSPS) is 14.1. The molecular formula is C23H26N2O4. The Morgan fingerprint density at radius 3 is 2.28 bits per heavy atom. The molecule has 1 aliphatic rings. The fourth-order valence-electron chi connectivity index (χ4n) is 3.09. The Hall–Kier alpha value is -3.12. The zero-order valence-electron chi connectivity index (χ0n) is 17.0. The minimum absolute atomic E-state index is 0.0308. The summed E-state index contributed by atoms with van der Waals surface area (Å²) in [6.07, 6.45) is 0.0308. The smallest absolute Gasteiger partial charge is 0.278 e. The number of carbonyl (C=O) groups is 2. The monoisotopic (exact) mass is 394 g/mol. The Labute approximate surface area is 171 Å². The lowest BCUT2D eigenvalue weighted by Gasteiger charge is -2.16. The second-order valence-electron chi connectivity index (χ2n) is 6.88. The molecule has 0 aromatic heterocycles. The van der Waals surface area contributed by atoms with Crippen molar-refractivity contribution in [2.75, 3.05) is 25.1 Å². The number of amides is 2. The van der Waals surface area contributed by atoms with Crippen LogP contribution in [0.5, 0.6) is 5.75 Å². The summed E-state index contributed by atoms with van der Waals surface area (Å²) in [4.78, 5) is 27.4. The predicted molar refractivity (Wildman–Crippen MR) is 112 cm³/mol. The molecule has 6 heteroatoms. The van der Waals surface area contributed by atoms with Crippen molar-refractivity contribution in [2.24, 2.45) is 0 Å². The number of para-hydroxylation sites is 1. The van der Waals surface area contributed by atoms with Crippen molar-refractivity contribution in [1.29, 1.82) is 0 Å². The van der Waals surface area contributed by atoms with Gasteiger partial charge in [0.05, 0.1) is 31.4 Å². The molecule has 2 aromatic rings. The molecule has 1 aliphatic heterocycles. The Morgan fingerprint density at radius 1 is 0.966 bits per heavy atom. The van der Waals surface area contributed by atoms with Gasteiger partial charge in [-0.05, 0) is 50.6 Å². The molecule has 0 bridgehead atoms. The minimum Gasteiger partial charge on any atom is -0.494 e. The van der Waals surface area contributed by atoms with Gasteiger partial charge < -0.3 is 14.8 Å². The zero-order valence-corrected chi connectivity index (χ0v) is 17.0. The fraction of sp³-hybridized carbons (Fsp3) is 0.304. The first kappa shape index (κ1) is 20.6. The first-order chi connectivity index (χ1) is 14.0. The first-order valence-electron chi connectivity index (χ1n) is 9.78. The molecule has 0 atom stereocenters. The van der Waals surface area contributed by atoms with Crippen molar-refractivity contribution in [3.05, 3.63) is 65.9 Å². The van der Waals surface area contributed by atoms with E-state index in [0.717, 1.165) is 5.69 Å². The van der Waals surface area contributed by atoms with Crippen molar-refractivity contribution >= 4 is 23.1 Å². The van der Waals surface area contributed by atoms with Gasteiger partial charge in [0.2, 0.25) is 0 Å². The number of ether oxygens (including phenoxy) is 2. The van der Waals surface area contributed by atoms with E-state index >= 15 is 0 Å². The van der Waals surface area contributed by atoms with Crippen molar-refractivity contribution < 1.29 is 19.1 Å². The van der Waals surface area contributed by atoms with Crippen LogP contribution in [0.3, 0.4) is 0 Å². The van der Waals surface area contributed by atoms with Crippen LogP contribution in [0.4, 0.5) is 5.69 Å². The van der Waals surface area contributed by atoms with Crippen LogP contribution < -0.4 is 10.1 Å². The predicted octanol–water partition coefficient (Wildman–Crippen LogP) is 3.70. The maximum absolute atomic E-state index is 13.1. The molecular weight excluding hydrogens is 368 g/mol. The number of imide groups is 1. The van der Waals surface area contributed by atoms with Gasteiger partial charge in [-0.1, -0.05) is 30.3 Å². The molecule has 0 saturated carbocycles. The number of anilines is 1. The molecule has 152 valence electrons. The molecule has 2 amide bonds. The largest absolute Gasteiger partial charge is 0.494 e. The molecule has 1 N–H and O–H groups in total. The van der Waals surface area contributed by atoms with E-state index in [0.29, 0.717) is 30.1 Å². The number of nitrogens with one attached hydrogen (secondary N) is 1. The molecule has 2 aromatic carbocycles. The van der Waals surface area contributed by atoms with Gasteiger partial charge in [-0.15, -0.1) is 0 Å². The zero-order chi connectivity index (χ0) is 20.8. The van der Waals surface area contributed by atoms with Crippen LogP contribution in [0.2, 0.25) is 0 Å². The second kappa shape index (κ2) is 9.39. The maximum atomic E-state index is 13.1. The summed E-state index contributed by atoms with van der Waals surface area (Å²) in [5, 5.41) is 3.13. The summed E-state index contributed by atoms with van der Waals surface area (Å²) in [5.41, 5.74) is 2.03. The number of rotatable bonds is 9. The number of hydrogen-bond acceptors (Lipinski definition) is 5. The topological polar surface area (TPSA) is 67.9 Å². The van der Waals surface area contributed by atoms with E-state index < -0.39 is 0 Å². The van der Waals surface area contributed by atoms with Crippen LogP contribution in [-0.2, 0) is 14.3 Å². The summed E-state index contributed by atoms with van der Waals surface area (Å²) >= 11 is 0. The molecule has 29 heavy (non-hydrogen) atoms. The Morgan fingerprint density at radius 2 is 1.66 bits per heavy atom. The molecule has 0 radical (unpaired) electrons. The van der Waals surface area contributed by atoms with Crippen LogP contribution in [-0.4, -0.2) is 42.6 Å². The highest BCUT2D eigenvalue weighted by Gasteiger charge is 2.39. The van der Waals surface area contributed by atoms with Gasteiger partial charge in [-0.2, -0.15) is 0 Å². The Balaban J connectivity index is 1.92. The van der Waals surface area contributed by atoms with Crippen LogP contribution >= 0.6 is 0 Å². The summed E-state index contributed by atoms with van der Waals surface area (Å²) in [7, 11) is 0. The summed E-state index contributed by atoms with van der Waals surface area (Å²) < 4.78 is 11.0. The van der Waals surface area contributed by atoms with E-state index in [1.54, 1.807) is 24.3 Å². The summed E-state index contributed by atoms with van der Waals surface area (Å²) in [6, 6.07) is 16.5. The van der Waals surface area contributed by atoms with E-state index in [4.69, 9.17) is 9.47 Å². The first-order valence-corrected chi connectivity index (χ1v) is 9.78. The second-order valence-corrected chi connectivity index (χ2v) is 6.88. The van der Waals surface area contributed by atoms with Gasteiger partial charge in [0, 0.05) is 5.69 Å². The maximum Gasteiger partial charge on any atom is 0.278 e. The van der Waals surface area contributed by atoms with Crippen molar-refractivity contribution in [1.82, 2.24) is 4.90 Å². The number of hydrogen-bond donors (Lipinski definition) is 1. The molecule has 0 unspecified atom stereocenters. The van der Waals surface area contributed by atoms with E-state index in [1.165, 1.54) is 4.90 Å². The third kappa shape index (κ3) is 4.84. The summed E-state index contributed by atoms with van der Waals surface area (Å²) in [5.74, 6) is 0.0356. The van der Waals surface area contributed by atoms with Crippen molar-refractivity contribution in [3.63, 3.8) is 0 Å². The molecule has 0 spiro atoms. The van der Waals surface area contributed by atoms with Crippen LogP contribution in [0, 0.1) is 0 Å². The quantitative estimate of drug-likeness (QED) is 0.657. The molecule has 3 rings (SSSR count). The lowest BCUT2D eigenvalue weighted by atomic mass is 10.0. The molecule has 0 aliphatic carbocycles. The van der Waals surface area contributed by atoms with E-state index in [1.807, 2.05) is 51.1 Å². The average Bonchev–Trinajstić information content (AvgIpc) is 2.94. The van der Waals surface area contributed by atoms with Gasteiger partial charge in [-0.3, -0.25) is 14.5 Å².